The molecule has 3 rings (SSSR count). The Balaban J connectivity index is 1.95. The molecule has 9 heteroatoms. The summed E-state index contributed by atoms with van der Waals surface area (Å²) in [5.74, 6) is -0.0159. The fraction of sp³-hybridized carbons (Fsp3) is 0. The lowest BCUT2D eigenvalue weighted by Gasteiger charge is -2.07. The Morgan fingerprint density at radius 3 is 2.67 bits per heavy atom. The van der Waals surface area contributed by atoms with Gasteiger partial charge in [-0.05, 0) is 29.8 Å². The number of nitrogens with one attached hydrogen (secondary N) is 1. The highest BCUT2D eigenvalue weighted by atomic mass is 35.5. The van der Waals surface area contributed by atoms with E-state index in [0.29, 0.717) is 5.69 Å². The molecule has 106 valence electrons. The molecule has 3 aromatic rings. The number of benzene rings is 1. The van der Waals surface area contributed by atoms with E-state index in [1.54, 1.807) is 23.0 Å². The van der Waals surface area contributed by atoms with E-state index in [4.69, 9.17) is 23.2 Å². The topological polar surface area (TPSA) is 68.5 Å². The number of hydrogen-bond acceptors (Lipinski definition) is 5. The lowest BCUT2D eigenvalue weighted by Crippen LogP contribution is -2.05. The van der Waals surface area contributed by atoms with Crippen molar-refractivity contribution in [1.82, 2.24) is 24.5 Å². The average molecular weight is 325 g/mol. The average Bonchev–Trinajstić information content (AvgIpc) is 2.90. The second-order valence-corrected chi connectivity index (χ2v) is 4.76. The minimum Gasteiger partial charge on any atom is -0.324 e. The predicted octanol–water partition coefficient (Wildman–Crippen LogP) is 3.25. The smallest absolute Gasteiger partial charge is 0.241 e. The standard InChI is InChI=1S/C12H7Cl2FN6/c13-7-3-8(15)5-9(4-7)17-11-18-10(14)19-12(20-11)21-2-1-16-6-21/h1-6H,(H,17,18,19,20). The van der Waals surface area contributed by atoms with Crippen molar-refractivity contribution < 1.29 is 4.39 Å². The van der Waals surface area contributed by atoms with Gasteiger partial charge in [-0.1, -0.05) is 11.6 Å². The first-order chi connectivity index (χ1) is 10.1. The van der Waals surface area contributed by atoms with Crippen molar-refractivity contribution in [3.05, 3.63) is 53.0 Å². The van der Waals surface area contributed by atoms with Gasteiger partial charge in [-0.15, -0.1) is 0 Å². The third kappa shape index (κ3) is 3.26. The third-order valence-corrected chi connectivity index (χ3v) is 2.84. The molecule has 1 N–H and O–H groups in total. The first-order valence-corrected chi connectivity index (χ1v) is 6.49. The SMILES string of the molecule is Fc1cc(Cl)cc(Nc2nc(Cl)nc(-n3ccnc3)n2)c1. The van der Waals surface area contributed by atoms with Crippen molar-refractivity contribution in [2.75, 3.05) is 5.32 Å². The zero-order chi connectivity index (χ0) is 14.8. The summed E-state index contributed by atoms with van der Waals surface area (Å²) < 4.78 is 14.9. The molecule has 0 amide bonds. The number of hydrogen-bond donors (Lipinski definition) is 1. The molecular weight excluding hydrogens is 318 g/mol. The summed E-state index contributed by atoms with van der Waals surface area (Å²) in [6.45, 7) is 0. The van der Waals surface area contributed by atoms with E-state index in [9.17, 15) is 4.39 Å². The maximum Gasteiger partial charge on any atom is 0.241 e. The van der Waals surface area contributed by atoms with Crippen LogP contribution < -0.4 is 5.32 Å². The van der Waals surface area contributed by atoms with Crippen LogP contribution in [-0.2, 0) is 0 Å². The molecule has 0 atom stereocenters. The lowest BCUT2D eigenvalue weighted by molar-refractivity contribution is 0.628. The van der Waals surface area contributed by atoms with Crippen molar-refractivity contribution in [2.45, 2.75) is 0 Å². The van der Waals surface area contributed by atoms with Crippen LogP contribution in [-0.4, -0.2) is 24.5 Å². The summed E-state index contributed by atoms with van der Waals surface area (Å²) in [5.41, 5.74) is 0.402. The first kappa shape index (κ1) is 13.7. The van der Waals surface area contributed by atoms with Crippen LogP contribution in [0.1, 0.15) is 0 Å². The van der Waals surface area contributed by atoms with Gasteiger partial charge in [0.05, 0.1) is 0 Å². The van der Waals surface area contributed by atoms with E-state index in [1.807, 2.05) is 0 Å². The van der Waals surface area contributed by atoms with Gasteiger partial charge in [0.2, 0.25) is 17.2 Å². The zero-order valence-corrected chi connectivity index (χ0v) is 11.8. The molecule has 0 saturated carbocycles. The second kappa shape index (κ2) is 5.63. The van der Waals surface area contributed by atoms with E-state index in [0.717, 1.165) is 0 Å². The van der Waals surface area contributed by atoms with Crippen molar-refractivity contribution in [1.29, 1.82) is 0 Å². The fourth-order valence-corrected chi connectivity index (χ4v) is 2.02. The van der Waals surface area contributed by atoms with E-state index >= 15 is 0 Å². The monoisotopic (exact) mass is 324 g/mol. The van der Waals surface area contributed by atoms with Gasteiger partial charge < -0.3 is 5.32 Å². The second-order valence-electron chi connectivity index (χ2n) is 3.98. The highest BCUT2D eigenvalue weighted by molar-refractivity contribution is 6.30. The van der Waals surface area contributed by atoms with Crippen molar-refractivity contribution in [2.24, 2.45) is 0 Å². The first-order valence-electron chi connectivity index (χ1n) is 5.73. The van der Waals surface area contributed by atoms with E-state index in [2.05, 4.69) is 25.3 Å². The maximum atomic E-state index is 13.3. The van der Waals surface area contributed by atoms with Gasteiger partial charge in [0.1, 0.15) is 12.1 Å². The molecule has 1 aromatic carbocycles. The van der Waals surface area contributed by atoms with Crippen molar-refractivity contribution >= 4 is 34.8 Å². The van der Waals surface area contributed by atoms with E-state index in [-0.39, 0.29) is 22.2 Å². The minimum atomic E-state index is -0.472. The third-order valence-electron chi connectivity index (χ3n) is 2.45. The van der Waals surface area contributed by atoms with Crippen LogP contribution in [0.25, 0.3) is 5.95 Å². The summed E-state index contributed by atoms with van der Waals surface area (Å²) in [4.78, 5) is 16.0. The number of rotatable bonds is 3. The Labute approximate surface area is 128 Å². The maximum absolute atomic E-state index is 13.3. The molecule has 0 radical (unpaired) electrons. The number of nitrogens with zero attached hydrogens (tertiary/aromatic N) is 5. The van der Waals surface area contributed by atoms with Crippen LogP contribution in [0.15, 0.2) is 36.9 Å². The van der Waals surface area contributed by atoms with Crippen LogP contribution in [0.2, 0.25) is 10.3 Å². The molecule has 0 saturated heterocycles. The summed E-state index contributed by atoms with van der Waals surface area (Å²) >= 11 is 11.6. The Kier molecular flexibility index (Phi) is 3.68. The lowest BCUT2D eigenvalue weighted by atomic mass is 10.3. The minimum absolute atomic E-state index is 0.00120. The molecule has 0 spiro atoms. The Hall–Kier alpha value is -2.25. The quantitative estimate of drug-likeness (QED) is 0.800. The van der Waals surface area contributed by atoms with Gasteiger partial charge in [-0.2, -0.15) is 15.0 Å². The Morgan fingerprint density at radius 2 is 1.95 bits per heavy atom. The van der Waals surface area contributed by atoms with Gasteiger partial charge >= 0.3 is 0 Å². The largest absolute Gasteiger partial charge is 0.324 e. The van der Waals surface area contributed by atoms with Gasteiger partial charge in [-0.3, -0.25) is 4.57 Å². The molecule has 2 heterocycles. The van der Waals surface area contributed by atoms with Crippen molar-refractivity contribution in [3.63, 3.8) is 0 Å². The molecule has 0 bridgehead atoms. The van der Waals surface area contributed by atoms with Crippen LogP contribution in [0.4, 0.5) is 16.0 Å². The highest BCUT2D eigenvalue weighted by Gasteiger charge is 2.08. The van der Waals surface area contributed by atoms with Gasteiger partial charge in [0, 0.05) is 23.1 Å². The normalized spacial score (nSPS) is 10.6. The molecule has 21 heavy (non-hydrogen) atoms. The molecule has 0 aliphatic rings. The molecule has 0 aliphatic carbocycles. The number of halogens is 3. The number of imidazole rings is 1. The molecule has 0 aliphatic heterocycles. The molecule has 2 aromatic heterocycles. The van der Waals surface area contributed by atoms with Crippen LogP contribution in [0.5, 0.6) is 0 Å². The number of anilines is 2. The Bertz CT molecular complexity index is 757. The van der Waals surface area contributed by atoms with Crippen LogP contribution in [0, 0.1) is 5.82 Å². The molecule has 0 fully saturated rings. The highest BCUT2D eigenvalue weighted by Crippen LogP contribution is 2.21. The molecule has 6 nitrogen and oxygen atoms in total. The molecular formula is C12H7Cl2FN6. The summed E-state index contributed by atoms with van der Waals surface area (Å²) in [5, 5.41) is 3.08. The van der Waals surface area contributed by atoms with Crippen LogP contribution >= 0.6 is 23.2 Å². The van der Waals surface area contributed by atoms with E-state index < -0.39 is 5.82 Å². The van der Waals surface area contributed by atoms with Crippen molar-refractivity contribution in [3.8, 4) is 5.95 Å². The predicted molar refractivity (Wildman–Crippen MR) is 76.7 cm³/mol. The summed E-state index contributed by atoms with van der Waals surface area (Å²) in [6.07, 6.45) is 4.76. The summed E-state index contributed by atoms with van der Waals surface area (Å²) in [6, 6.07) is 4.00. The molecule has 0 unspecified atom stereocenters. The zero-order valence-electron chi connectivity index (χ0n) is 10.3. The fourth-order valence-electron chi connectivity index (χ4n) is 1.64. The summed E-state index contributed by atoms with van der Waals surface area (Å²) in [7, 11) is 0. The van der Waals surface area contributed by atoms with Gasteiger partial charge in [0.15, 0.2) is 0 Å². The van der Waals surface area contributed by atoms with E-state index in [1.165, 1.54) is 18.5 Å². The van der Waals surface area contributed by atoms with Gasteiger partial charge in [-0.25, -0.2) is 9.37 Å². The van der Waals surface area contributed by atoms with Crippen LogP contribution in [0.3, 0.4) is 0 Å². The Morgan fingerprint density at radius 1 is 1.10 bits per heavy atom. The number of aromatic nitrogens is 5. The van der Waals surface area contributed by atoms with Gasteiger partial charge in [0.25, 0.3) is 0 Å².